The Bertz CT molecular complexity index is 825. The summed E-state index contributed by atoms with van der Waals surface area (Å²) >= 11 is 0. The molecule has 0 aliphatic rings. The summed E-state index contributed by atoms with van der Waals surface area (Å²) in [5.74, 6) is -1.08. The van der Waals surface area contributed by atoms with Gasteiger partial charge in [-0.15, -0.1) is 5.11 Å². The Labute approximate surface area is 182 Å². The smallest absolute Gasteiger partial charge is 0.335 e. The van der Waals surface area contributed by atoms with Gasteiger partial charge in [0.1, 0.15) is 11.4 Å². The number of carbonyl (C=O) groups is 1. The van der Waals surface area contributed by atoms with E-state index >= 15 is 0 Å². The maximum absolute atomic E-state index is 14.2. The summed E-state index contributed by atoms with van der Waals surface area (Å²) in [5, 5.41) is 25.4. The number of carboxylic acid groups (broad SMARTS) is 1. The molecule has 0 radical (unpaired) electrons. The van der Waals surface area contributed by atoms with Crippen LogP contribution < -0.4 is 4.74 Å². The highest BCUT2D eigenvalue weighted by Crippen LogP contribution is 2.25. The van der Waals surface area contributed by atoms with E-state index in [0.717, 1.165) is 25.7 Å². The van der Waals surface area contributed by atoms with Crippen LogP contribution in [-0.4, -0.2) is 29.4 Å². The van der Waals surface area contributed by atoms with Crippen molar-refractivity contribution >= 4 is 17.3 Å². The third-order valence-corrected chi connectivity index (χ3v) is 4.88. The lowest BCUT2D eigenvalue weighted by Gasteiger charge is -2.07. The van der Waals surface area contributed by atoms with Crippen LogP contribution in [0.3, 0.4) is 0 Å². The molecule has 0 bridgehead atoms. The topological polar surface area (TPSA) is 91.5 Å². The van der Waals surface area contributed by atoms with Crippen LogP contribution in [0.15, 0.2) is 52.7 Å². The van der Waals surface area contributed by atoms with Gasteiger partial charge in [0.25, 0.3) is 0 Å². The SMILES string of the molecule is O=C(O)c1ccc(N=Nc2ccc(OCCCCCCCCCCCO)cc2F)cc1. The van der Waals surface area contributed by atoms with E-state index in [1.807, 2.05) is 0 Å². The lowest BCUT2D eigenvalue weighted by Crippen LogP contribution is -1.97. The lowest BCUT2D eigenvalue weighted by atomic mass is 10.1. The van der Waals surface area contributed by atoms with Crippen molar-refractivity contribution in [2.45, 2.75) is 57.8 Å². The first-order valence-corrected chi connectivity index (χ1v) is 10.9. The van der Waals surface area contributed by atoms with E-state index in [4.69, 9.17) is 14.9 Å². The summed E-state index contributed by atoms with van der Waals surface area (Å²) in [6.45, 7) is 0.841. The molecule has 2 aromatic carbocycles. The highest BCUT2D eigenvalue weighted by Gasteiger charge is 2.05. The molecule has 0 saturated carbocycles. The number of hydrogen-bond donors (Lipinski definition) is 2. The van der Waals surface area contributed by atoms with Crippen molar-refractivity contribution in [1.29, 1.82) is 0 Å². The average molecular weight is 431 g/mol. The van der Waals surface area contributed by atoms with E-state index in [0.29, 0.717) is 24.7 Å². The van der Waals surface area contributed by atoms with E-state index in [1.165, 1.54) is 68.5 Å². The average Bonchev–Trinajstić information content (AvgIpc) is 2.77. The van der Waals surface area contributed by atoms with Crippen LogP contribution in [0.25, 0.3) is 0 Å². The van der Waals surface area contributed by atoms with Crippen molar-refractivity contribution in [1.82, 2.24) is 0 Å². The number of aliphatic hydroxyl groups is 1. The van der Waals surface area contributed by atoms with Gasteiger partial charge in [-0.25, -0.2) is 9.18 Å². The summed E-state index contributed by atoms with van der Waals surface area (Å²) in [6.07, 6.45) is 10.1. The monoisotopic (exact) mass is 430 g/mol. The summed E-state index contributed by atoms with van der Waals surface area (Å²) in [6, 6.07) is 10.3. The Kier molecular flexibility index (Phi) is 11.2. The molecule has 0 fully saturated rings. The molecule has 7 heteroatoms. The van der Waals surface area contributed by atoms with Crippen molar-refractivity contribution < 1.29 is 24.1 Å². The number of aromatic carboxylic acids is 1. The molecule has 2 aromatic rings. The zero-order valence-electron chi connectivity index (χ0n) is 17.8. The summed E-state index contributed by atoms with van der Waals surface area (Å²) in [4.78, 5) is 10.8. The first-order valence-electron chi connectivity index (χ1n) is 10.9. The normalized spacial score (nSPS) is 11.2. The fourth-order valence-corrected chi connectivity index (χ4v) is 3.08. The van der Waals surface area contributed by atoms with Crippen molar-refractivity contribution in [3.63, 3.8) is 0 Å². The maximum atomic E-state index is 14.2. The standard InChI is InChI=1S/C24H31FN2O4/c25-22-18-21(31-17-9-7-5-3-1-2-4-6-8-16-28)14-15-23(22)27-26-20-12-10-19(11-13-20)24(29)30/h10-15,18,28H,1-9,16-17H2,(H,29,30). The van der Waals surface area contributed by atoms with Gasteiger partial charge in [0.15, 0.2) is 5.82 Å². The van der Waals surface area contributed by atoms with Gasteiger partial charge in [0, 0.05) is 12.7 Å². The Balaban J connectivity index is 1.66. The Morgan fingerprint density at radius 1 is 0.839 bits per heavy atom. The maximum Gasteiger partial charge on any atom is 0.335 e. The van der Waals surface area contributed by atoms with E-state index in [1.54, 1.807) is 6.07 Å². The minimum atomic E-state index is -1.02. The molecule has 0 spiro atoms. The fourth-order valence-electron chi connectivity index (χ4n) is 3.08. The van der Waals surface area contributed by atoms with Crippen molar-refractivity contribution in [2.75, 3.05) is 13.2 Å². The van der Waals surface area contributed by atoms with Gasteiger partial charge in [-0.3, -0.25) is 0 Å². The fraction of sp³-hybridized carbons (Fsp3) is 0.458. The number of halogens is 1. The zero-order valence-corrected chi connectivity index (χ0v) is 17.8. The van der Waals surface area contributed by atoms with Crippen molar-refractivity contribution in [3.05, 3.63) is 53.8 Å². The van der Waals surface area contributed by atoms with Crippen LogP contribution in [0, 0.1) is 5.82 Å². The number of benzene rings is 2. The van der Waals surface area contributed by atoms with Gasteiger partial charge >= 0.3 is 5.97 Å². The predicted octanol–water partition coefficient (Wildman–Crippen LogP) is 6.82. The molecule has 0 heterocycles. The van der Waals surface area contributed by atoms with Gasteiger partial charge in [-0.1, -0.05) is 44.9 Å². The van der Waals surface area contributed by atoms with Gasteiger partial charge in [-0.05, 0) is 49.2 Å². The number of carboxylic acids is 1. The van der Waals surface area contributed by atoms with E-state index < -0.39 is 11.8 Å². The van der Waals surface area contributed by atoms with Crippen LogP contribution >= 0.6 is 0 Å². The zero-order chi connectivity index (χ0) is 22.3. The number of ether oxygens (including phenoxy) is 1. The predicted molar refractivity (Wildman–Crippen MR) is 118 cm³/mol. The summed E-state index contributed by atoms with van der Waals surface area (Å²) in [5.41, 5.74) is 0.685. The molecule has 0 saturated heterocycles. The van der Waals surface area contributed by atoms with Crippen LogP contribution in [0.2, 0.25) is 0 Å². The number of unbranched alkanes of at least 4 members (excludes halogenated alkanes) is 8. The summed E-state index contributed by atoms with van der Waals surface area (Å²) < 4.78 is 19.8. The van der Waals surface area contributed by atoms with E-state index in [-0.39, 0.29) is 11.3 Å². The van der Waals surface area contributed by atoms with Gasteiger partial charge < -0.3 is 14.9 Å². The molecule has 0 aliphatic carbocycles. The number of hydrogen-bond acceptors (Lipinski definition) is 5. The molecular weight excluding hydrogens is 399 g/mol. The van der Waals surface area contributed by atoms with Crippen molar-refractivity contribution in [3.8, 4) is 5.75 Å². The highest BCUT2D eigenvalue weighted by atomic mass is 19.1. The van der Waals surface area contributed by atoms with Crippen LogP contribution in [0.1, 0.15) is 68.1 Å². The van der Waals surface area contributed by atoms with Crippen molar-refractivity contribution in [2.24, 2.45) is 10.2 Å². The molecule has 0 aliphatic heterocycles. The first-order chi connectivity index (χ1) is 15.1. The third-order valence-electron chi connectivity index (χ3n) is 4.88. The lowest BCUT2D eigenvalue weighted by molar-refractivity contribution is 0.0697. The molecule has 2 N–H and O–H groups in total. The van der Waals surface area contributed by atoms with E-state index in [2.05, 4.69) is 10.2 Å². The number of rotatable bonds is 15. The van der Waals surface area contributed by atoms with Crippen LogP contribution in [0.5, 0.6) is 5.75 Å². The number of nitrogens with zero attached hydrogens (tertiary/aromatic N) is 2. The number of aliphatic hydroxyl groups excluding tert-OH is 1. The molecule has 2 rings (SSSR count). The van der Waals surface area contributed by atoms with Crippen LogP contribution in [0.4, 0.5) is 15.8 Å². The van der Waals surface area contributed by atoms with Gasteiger partial charge in [0.05, 0.1) is 17.9 Å². The molecule has 168 valence electrons. The Hall–Kier alpha value is -2.80. The Morgan fingerprint density at radius 3 is 2.03 bits per heavy atom. The molecule has 0 aromatic heterocycles. The second-order valence-corrected chi connectivity index (χ2v) is 7.42. The molecule has 0 atom stereocenters. The van der Waals surface area contributed by atoms with Gasteiger partial charge in [-0.2, -0.15) is 5.11 Å². The largest absolute Gasteiger partial charge is 0.493 e. The molecule has 0 unspecified atom stereocenters. The van der Waals surface area contributed by atoms with Crippen LogP contribution in [-0.2, 0) is 0 Å². The Morgan fingerprint density at radius 2 is 1.45 bits per heavy atom. The number of azo groups is 1. The second kappa shape index (κ2) is 14.2. The second-order valence-electron chi connectivity index (χ2n) is 7.42. The van der Waals surface area contributed by atoms with Gasteiger partial charge in [0.2, 0.25) is 0 Å². The quantitative estimate of drug-likeness (QED) is 0.239. The minimum absolute atomic E-state index is 0.0913. The third kappa shape index (κ3) is 9.70. The highest BCUT2D eigenvalue weighted by molar-refractivity contribution is 5.87. The molecule has 31 heavy (non-hydrogen) atoms. The first kappa shape index (κ1) is 24.5. The molecular formula is C24H31FN2O4. The minimum Gasteiger partial charge on any atom is -0.493 e. The molecule has 6 nitrogen and oxygen atoms in total. The summed E-state index contributed by atoms with van der Waals surface area (Å²) in [7, 11) is 0. The van der Waals surface area contributed by atoms with E-state index in [9.17, 15) is 9.18 Å². The molecule has 0 amide bonds.